The maximum atomic E-state index is 12.3. The molecule has 3 aromatic rings. The molecule has 0 fully saturated rings. The van der Waals surface area contributed by atoms with Crippen LogP contribution in [-0.4, -0.2) is 12.5 Å². The van der Waals surface area contributed by atoms with E-state index in [0.717, 1.165) is 11.3 Å². The van der Waals surface area contributed by atoms with Crippen molar-refractivity contribution in [3.05, 3.63) is 88.3 Å². The number of amides is 1. The quantitative estimate of drug-likeness (QED) is 0.686. The Kier molecular flexibility index (Phi) is 5.76. The first-order chi connectivity index (χ1) is 12.1. The van der Waals surface area contributed by atoms with Crippen LogP contribution in [0.3, 0.4) is 0 Å². The molecule has 1 aromatic heterocycles. The van der Waals surface area contributed by atoms with Crippen LogP contribution in [0.15, 0.2) is 71.3 Å². The van der Waals surface area contributed by atoms with Crippen molar-refractivity contribution < 1.29 is 14.5 Å². The number of benzene rings is 2. The van der Waals surface area contributed by atoms with E-state index >= 15 is 0 Å². The zero-order chi connectivity index (χ0) is 17.6. The van der Waals surface area contributed by atoms with Crippen LogP contribution in [0.5, 0.6) is 0 Å². The molecule has 0 radical (unpaired) electrons. The largest absolute Gasteiger partial charge is 0.463 e. The molecule has 0 aliphatic rings. The van der Waals surface area contributed by atoms with E-state index in [1.165, 1.54) is 0 Å². The number of halogens is 2. The lowest BCUT2D eigenvalue weighted by molar-refractivity contribution is -0.678. The minimum absolute atomic E-state index is 0.0927. The molecule has 1 heterocycles. The van der Waals surface area contributed by atoms with Crippen molar-refractivity contribution in [2.45, 2.75) is 6.04 Å². The minimum Gasteiger partial charge on any atom is -0.463 e. The lowest BCUT2D eigenvalue weighted by Crippen LogP contribution is -2.87. The van der Waals surface area contributed by atoms with Crippen molar-refractivity contribution in [1.82, 2.24) is 0 Å². The molecule has 128 valence electrons. The van der Waals surface area contributed by atoms with Gasteiger partial charge in [-0.1, -0.05) is 53.5 Å². The molecule has 6 heteroatoms. The average molecular weight is 376 g/mol. The SMILES string of the molecule is O=C(C[NH2+][C@@H](c1ccccc1)c1ccco1)Nc1cc(Cl)cc(Cl)c1. The number of rotatable bonds is 6. The number of anilines is 1. The maximum Gasteiger partial charge on any atom is 0.279 e. The third kappa shape index (κ3) is 4.86. The molecule has 0 aliphatic heterocycles. The molecule has 0 spiro atoms. The third-order valence-corrected chi connectivity index (χ3v) is 4.13. The smallest absolute Gasteiger partial charge is 0.279 e. The summed E-state index contributed by atoms with van der Waals surface area (Å²) >= 11 is 11.9. The van der Waals surface area contributed by atoms with Crippen LogP contribution in [0.4, 0.5) is 5.69 Å². The summed E-state index contributed by atoms with van der Waals surface area (Å²) in [4.78, 5) is 12.3. The van der Waals surface area contributed by atoms with Gasteiger partial charge in [0.25, 0.3) is 5.91 Å². The van der Waals surface area contributed by atoms with Crippen molar-refractivity contribution in [3.8, 4) is 0 Å². The van der Waals surface area contributed by atoms with Gasteiger partial charge in [0.15, 0.2) is 18.3 Å². The molecule has 3 N–H and O–H groups in total. The molecule has 0 unspecified atom stereocenters. The highest BCUT2D eigenvalue weighted by molar-refractivity contribution is 6.35. The molecular weight excluding hydrogens is 359 g/mol. The van der Waals surface area contributed by atoms with E-state index in [0.29, 0.717) is 15.7 Å². The number of hydrogen-bond donors (Lipinski definition) is 2. The summed E-state index contributed by atoms with van der Waals surface area (Å²) in [7, 11) is 0. The fraction of sp³-hybridized carbons (Fsp3) is 0.105. The summed E-state index contributed by atoms with van der Waals surface area (Å²) in [5, 5.41) is 5.69. The highest BCUT2D eigenvalue weighted by Gasteiger charge is 2.21. The van der Waals surface area contributed by atoms with Crippen molar-refractivity contribution in [3.63, 3.8) is 0 Å². The number of nitrogens with one attached hydrogen (secondary N) is 1. The Morgan fingerprint density at radius 2 is 1.76 bits per heavy atom. The van der Waals surface area contributed by atoms with Gasteiger partial charge in [0.1, 0.15) is 0 Å². The maximum absolute atomic E-state index is 12.3. The minimum atomic E-state index is -0.147. The van der Waals surface area contributed by atoms with Gasteiger partial charge in [0.2, 0.25) is 0 Å². The summed E-state index contributed by atoms with van der Waals surface area (Å²) in [6.07, 6.45) is 1.63. The molecule has 1 atom stereocenters. The first kappa shape index (κ1) is 17.5. The van der Waals surface area contributed by atoms with Crippen LogP contribution in [-0.2, 0) is 4.79 Å². The van der Waals surface area contributed by atoms with Gasteiger partial charge in [-0.15, -0.1) is 0 Å². The molecule has 1 amide bonds. The van der Waals surface area contributed by atoms with Crippen molar-refractivity contribution in [2.75, 3.05) is 11.9 Å². The zero-order valence-corrected chi connectivity index (χ0v) is 14.8. The normalized spacial score (nSPS) is 11.9. The van der Waals surface area contributed by atoms with E-state index in [-0.39, 0.29) is 18.5 Å². The van der Waals surface area contributed by atoms with Crippen molar-refractivity contribution in [1.29, 1.82) is 0 Å². The topological polar surface area (TPSA) is 58.9 Å². The molecule has 0 saturated carbocycles. The summed E-state index contributed by atoms with van der Waals surface area (Å²) in [6.45, 7) is 0.227. The number of nitrogens with two attached hydrogens (primary N) is 1. The molecule has 0 bridgehead atoms. The summed E-state index contributed by atoms with van der Waals surface area (Å²) in [5.41, 5.74) is 1.64. The van der Waals surface area contributed by atoms with Gasteiger partial charge < -0.3 is 15.1 Å². The highest BCUT2D eigenvalue weighted by Crippen LogP contribution is 2.22. The van der Waals surface area contributed by atoms with Gasteiger partial charge in [-0.3, -0.25) is 4.79 Å². The van der Waals surface area contributed by atoms with Crippen LogP contribution < -0.4 is 10.6 Å². The first-order valence-electron chi connectivity index (χ1n) is 7.79. The van der Waals surface area contributed by atoms with Crippen molar-refractivity contribution in [2.24, 2.45) is 0 Å². The fourth-order valence-corrected chi connectivity index (χ4v) is 3.13. The molecule has 4 nitrogen and oxygen atoms in total. The van der Waals surface area contributed by atoms with Crippen molar-refractivity contribution >= 4 is 34.8 Å². The number of furan rings is 1. The number of carbonyl (C=O) groups excluding carboxylic acids is 1. The monoisotopic (exact) mass is 375 g/mol. The zero-order valence-electron chi connectivity index (χ0n) is 13.3. The summed E-state index contributed by atoms with van der Waals surface area (Å²) in [6, 6.07) is 18.5. The second-order valence-electron chi connectivity index (χ2n) is 5.55. The van der Waals surface area contributed by atoms with Crippen LogP contribution >= 0.6 is 23.2 Å². The van der Waals surface area contributed by atoms with E-state index in [2.05, 4.69) is 5.32 Å². The van der Waals surface area contributed by atoms with E-state index < -0.39 is 0 Å². The molecule has 2 aromatic carbocycles. The fourth-order valence-electron chi connectivity index (χ4n) is 2.61. The lowest BCUT2D eigenvalue weighted by atomic mass is 10.0. The third-order valence-electron chi connectivity index (χ3n) is 3.69. The van der Waals surface area contributed by atoms with Crippen LogP contribution in [0.25, 0.3) is 0 Å². The Hall–Kier alpha value is -2.27. The van der Waals surface area contributed by atoms with Crippen LogP contribution in [0.1, 0.15) is 17.4 Å². The number of quaternary nitrogens is 1. The van der Waals surface area contributed by atoms with E-state index in [1.807, 2.05) is 47.8 Å². The number of hydrogen-bond acceptors (Lipinski definition) is 2. The predicted molar refractivity (Wildman–Crippen MR) is 98.9 cm³/mol. The Labute approximate surface area is 155 Å². The Morgan fingerprint density at radius 1 is 1.04 bits per heavy atom. The lowest BCUT2D eigenvalue weighted by Gasteiger charge is -2.14. The molecule has 0 saturated heterocycles. The van der Waals surface area contributed by atoms with E-state index in [1.54, 1.807) is 24.5 Å². The van der Waals surface area contributed by atoms with Crippen LogP contribution in [0, 0.1) is 0 Å². The second kappa shape index (κ2) is 8.21. The predicted octanol–water partition coefficient (Wildman–Crippen LogP) is 3.88. The molecule has 25 heavy (non-hydrogen) atoms. The van der Waals surface area contributed by atoms with Gasteiger partial charge in [0.05, 0.1) is 6.26 Å². The summed E-state index contributed by atoms with van der Waals surface area (Å²) < 4.78 is 5.53. The molecule has 3 rings (SSSR count). The molecular formula is C19H17Cl2N2O2+. The number of carbonyl (C=O) groups is 1. The van der Waals surface area contributed by atoms with Gasteiger partial charge in [-0.05, 0) is 30.3 Å². The Bertz CT molecular complexity index is 816. The Balaban J connectivity index is 1.68. The highest BCUT2D eigenvalue weighted by atomic mass is 35.5. The van der Waals surface area contributed by atoms with E-state index in [9.17, 15) is 4.79 Å². The van der Waals surface area contributed by atoms with Gasteiger partial charge in [-0.2, -0.15) is 0 Å². The molecule has 0 aliphatic carbocycles. The standard InChI is InChI=1S/C19H16Cl2N2O2/c20-14-9-15(21)11-16(10-14)23-18(24)12-22-19(17-7-4-8-25-17)13-5-2-1-3-6-13/h1-11,19,22H,12H2,(H,23,24)/p+1/t19-/m0/s1. The average Bonchev–Trinajstić information content (AvgIpc) is 3.09. The van der Waals surface area contributed by atoms with Gasteiger partial charge >= 0.3 is 0 Å². The second-order valence-corrected chi connectivity index (χ2v) is 6.42. The van der Waals surface area contributed by atoms with E-state index in [4.69, 9.17) is 27.6 Å². The summed E-state index contributed by atoms with van der Waals surface area (Å²) in [5.74, 6) is 0.649. The van der Waals surface area contributed by atoms with Gasteiger partial charge in [0, 0.05) is 21.3 Å². The first-order valence-corrected chi connectivity index (χ1v) is 8.55. The van der Waals surface area contributed by atoms with Gasteiger partial charge in [-0.25, -0.2) is 0 Å². The van der Waals surface area contributed by atoms with Crippen LogP contribution in [0.2, 0.25) is 10.0 Å². The Morgan fingerprint density at radius 3 is 2.40 bits per heavy atom.